The first kappa shape index (κ1) is 13.0. The Morgan fingerprint density at radius 3 is 2.84 bits per heavy atom. The summed E-state index contributed by atoms with van der Waals surface area (Å²) in [6.45, 7) is 1.09. The summed E-state index contributed by atoms with van der Waals surface area (Å²) in [5, 5.41) is 18.8. The van der Waals surface area contributed by atoms with Gasteiger partial charge in [0.2, 0.25) is 0 Å². The molecule has 0 radical (unpaired) electrons. The lowest BCUT2D eigenvalue weighted by molar-refractivity contribution is 0.507. The monoisotopic (exact) mass is 263 g/mol. The summed E-state index contributed by atoms with van der Waals surface area (Å²) in [6.07, 6.45) is 3.98. The lowest BCUT2D eigenvalue weighted by atomic mass is 10.2. The molecule has 0 amide bonds. The van der Waals surface area contributed by atoms with Crippen LogP contribution >= 0.6 is 0 Å². The summed E-state index contributed by atoms with van der Waals surface area (Å²) < 4.78 is 28.5. The van der Waals surface area contributed by atoms with Crippen LogP contribution in [-0.2, 0) is 6.54 Å². The van der Waals surface area contributed by atoms with Crippen LogP contribution in [0.1, 0.15) is 12.0 Å². The number of nitriles is 1. The van der Waals surface area contributed by atoms with Crippen LogP contribution in [0.25, 0.3) is 0 Å². The zero-order valence-electron chi connectivity index (χ0n) is 9.98. The van der Waals surface area contributed by atoms with Crippen LogP contribution in [0.4, 0.5) is 14.5 Å². The third kappa shape index (κ3) is 3.04. The second-order valence-electron chi connectivity index (χ2n) is 3.85. The maximum Gasteiger partial charge on any atom is 0.183 e. The quantitative estimate of drug-likeness (QED) is 0.837. The number of aryl methyl sites for hydroxylation is 1. The highest BCUT2D eigenvalue weighted by Gasteiger charge is 2.12. The molecule has 0 atom stereocenters. The molecular formula is C12H11F2N5. The smallest absolute Gasteiger partial charge is 0.183 e. The molecule has 0 aliphatic rings. The zero-order chi connectivity index (χ0) is 13.7. The van der Waals surface area contributed by atoms with Gasteiger partial charge >= 0.3 is 0 Å². The molecule has 0 aliphatic carbocycles. The molecule has 0 aliphatic heterocycles. The summed E-state index contributed by atoms with van der Waals surface area (Å²) in [6, 6.07) is 4.19. The predicted octanol–water partition coefficient (Wildman–Crippen LogP) is 1.93. The number of aromatic nitrogens is 3. The fraction of sp³-hybridized carbons (Fsp3) is 0.250. The van der Waals surface area contributed by atoms with Crippen molar-refractivity contribution >= 4 is 5.69 Å². The van der Waals surface area contributed by atoms with Crippen molar-refractivity contribution in [3.63, 3.8) is 0 Å². The van der Waals surface area contributed by atoms with Gasteiger partial charge in [-0.25, -0.2) is 8.78 Å². The minimum absolute atomic E-state index is 0.0510. The van der Waals surface area contributed by atoms with Crippen LogP contribution in [0.5, 0.6) is 0 Å². The molecule has 0 fully saturated rings. The van der Waals surface area contributed by atoms with Crippen LogP contribution < -0.4 is 5.32 Å². The molecule has 98 valence electrons. The van der Waals surface area contributed by atoms with E-state index in [4.69, 9.17) is 5.26 Å². The van der Waals surface area contributed by atoms with E-state index >= 15 is 0 Å². The SMILES string of the molecule is N#Cc1ccc(NCCCn2ccnn2)c(F)c1F. The van der Waals surface area contributed by atoms with Gasteiger partial charge in [-0.1, -0.05) is 5.21 Å². The zero-order valence-corrected chi connectivity index (χ0v) is 9.98. The third-order valence-corrected chi connectivity index (χ3v) is 2.55. The van der Waals surface area contributed by atoms with Gasteiger partial charge < -0.3 is 5.32 Å². The maximum absolute atomic E-state index is 13.5. The molecule has 0 saturated heterocycles. The molecule has 1 aromatic heterocycles. The van der Waals surface area contributed by atoms with Crippen molar-refractivity contribution in [2.45, 2.75) is 13.0 Å². The predicted molar refractivity (Wildman–Crippen MR) is 64.2 cm³/mol. The summed E-state index contributed by atoms with van der Waals surface area (Å²) in [5.41, 5.74) is -0.249. The van der Waals surface area contributed by atoms with Crippen molar-refractivity contribution in [1.29, 1.82) is 5.26 Å². The summed E-state index contributed by atoms with van der Waals surface area (Å²) >= 11 is 0. The molecule has 0 spiro atoms. The first-order valence-corrected chi connectivity index (χ1v) is 5.68. The molecule has 19 heavy (non-hydrogen) atoms. The molecule has 0 unspecified atom stereocenters. The lowest BCUT2D eigenvalue weighted by Gasteiger charge is -2.08. The van der Waals surface area contributed by atoms with Crippen LogP contribution in [0, 0.1) is 23.0 Å². The van der Waals surface area contributed by atoms with Crippen molar-refractivity contribution in [1.82, 2.24) is 15.0 Å². The number of halogens is 2. The fourth-order valence-corrected chi connectivity index (χ4v) is 1.59. The lowest BCUT2D eigenvalue weighted by Crippen LogP contribution is -2.09. The Bertz CT molecular complexity index is 589. The van der Waals surface area contributed by atoms with Gasteiger partial charge in [0.15, 0.2) is 11.6 Å². The van der Waals surface area contributed by atoms with E-state index < -0.39 is 11.6 Å². The number of hydrogen-bond acceptors (Lipinski definition) is 4. The van der Waals surface area contributed by atoms with Gasteiger partial charge in [0.1, 0.15) is 6.07 Å². The molecule has 5 nitrogen and oxygen atoms in total. The van der Waals surface area contributed by atoms with Crippen LogP contribution in [0.2, 0.25) is 0 Å². The average molecular weight is 263 g/mol. The van der Waals surface area contributed by atoms with E-state index in [1.54, 1.807) is 23.1 Å². The van der Waals surface area contributed by atoms with E-state index in [1.165, 1.54) is 12.1 Å². The van der Waals surface area contributed by atoms with Gasteiger partial charge in [-0.15, -0.1) is 5.10 Å². The van der Waals surface area contributed by atoms with Crippen molar-refractivity contribution in [2.75, 3.05) is 11.9 Å². The molecule has 1 aromatic carbocycles. The average Bonchev–Trinajstić information content (AvgIpc) is 2.92. The van der Waals surface area contributed by atoms with Crippen LogP contribution in [0.15, 0.2) is 24.5 Å². The van der Waals surface area contributed by atoms with Gasteiger partial charge in [-0.3, -0.25) is 4.68 Å². The standard InChI is InChI=1S/C12H11F2N5/c13-11-9(8-15)2-3-10(12(11)14)16-4-1-6-19-7-5-17-18-19/h2-3,5,7,16H,1,4,6H2. The molecular weight excluding hydrogens is 252 g/mol. The van der Waals surface area contributed by atoms with Crippen molar-refractivity contribution < 1.29 is 8.78 Å². The molecule has 2 rings (SSSR count). The van der Waals surface area contributed by atoms with Gasteiger partial charge in [-0.2, -0.15) is 5.26 Å². The van der Waals surface area contributed by atoms with Crippen molar-refractivity contribution in [3.05, 3.63) is 41.7 Å². The van der Waals surface area contributed by atoms with Crippen molar-refractivity contribution in [2.24, 2.45) is 0 Å². The van der Waals surface area contributed by atoms with E-state index in [1.807, 2.05) is 0 Å². The first-order chi connectivity index (χ1) is 9.22. The molecule has 2 aromatic rings. The van der Waals surface area contributed by atoms with Crippen molar-refractivity contribution in [3.8, 4) is 6.07 Å². The topological polar surface area (TPSA) is 66.5 Å². The summed E-state index contributed by atoms with van der Waals surface area (Å²) in [5.74, 6) is -2.15. The molecule has 0 bridgehead atoms. The number of benzene rings is 1. The Morgan fingerprint density at radius 2 is 2.16 bits per heavy atom. The third-order valence-electron chi connectivity index (χ3n) is 2.55. The van der Waals surface area contributed by atoms with E-state index in [9.17, 15) is 8.78 Å². The van der Waals surface area contributed by atoms with Crippen LogP contribution in [0.3, 0.4) is 0 Å². The highest BCUT2D eigenvalue weighted by molar-refractivity contribution is 5.49. The number of hydrogen-bond donors (Lipinski definition) is 1. The van der Waals surface area contributed by atoms with E-state index in [-0.39, 0.29) is 11.3 Å². The number of nitrogens with one attached hydrogen (secondary N) is 1. The van der Waals surface area contributed by atoms with E-state index in [2.05, 4.69) is 15.6 Å². The molecule has 0 saturated carbocycles. The Kier molecular flexibility index (Phi) is 4.03. The largest absolute Gasteiger partial charge is 0.383 e. The molecule has 1 N–H and O–H groups in total. The summed E-state index contributed by atoms with van der Waals surface area (Å²) in [7, 11) is 0. The Labute approximate surface area is 108 Å². The number of anilines is 1. The van der Waals surface area contributed by atoms with E-state index in [0.717, 1.165) is 0 Å². The van der Waals surface area contributed by atoms with Gasteiger partial charge in [0.25, 0.3) is 0 Å². The highest BCUT2D eigenvalue weighted by Crippen LogP contribution is 2.19. The highest BCUT2D eigenvalue weighted by atomic mass is 19.2. The minimum atomic E-state index is -1.12. The van der Waals surface area contributed by atoms with Gasteiger partial charge in [0, 0.05) is 19.3 Å². The summed E-state index contributed by atoms with van der Waals surface area (Å²) in [4.78, 5) is 0. The minimum Gasteiger partial charge on any atom is -0.383 e. The van der Waals surface area contributed by atoms with Gasteiger partial charge in [0.05, 0.1) is 17.4 Å². The molecule has 7 heteroatoms. The second kappa shape index (κ2) is 5.91. The van der Waals surface area contributed by atoms with Crippen LogP contribution in [-0.4, -0.2) is 21.5 Å². The van der Waals surface area contributed by atoms with Gasteiger partial charge in [-0.05, 0) is 18.6 Å². The Hall–Kier alpha value is -2.49. The van der Waals surface area contributed by atoms with E-state index in [0.29, 0.717) is 19.5 Å². The second-order valence-corrected chi connectivity index (χ2v) is 3.85. The Morgan fingerprint density at radius 1 is 1.32 bits per heavy atom. The maximum atomic E-state index is 13.5. The first-order valence-electron chi connectivity index (χ1n) is 5.68. The number of nitrogens with zero attached hydrogens (tertiary/aromatic N) is 4. The molecule has 1 heterocycles. The Balaban J connectivity index is 1.90. The normalized spacial score (nSPS) is 10.2. The fourth-order valence-electron chi connectivity index (χ4n) is 1.59. The number of rotatable bonds is 5.